The zero-order chi connectivity index (χ0) is 11.8. The number of nitrogens with zero attached hydrogens (tertiary/aromatic N) is 3. The quantitative estimate of drug-likeness (QED) is 0.745. The van der Waals surface area contributed by atoms with Gasteiger partial charge >= 0.3 is 0 Å². The number of aryl methyl sites for hydroxylation is 1. The number of nitrogen functional groups attached to an aromatic ring is 1. The molecule has 0 spiro atoms. The maximum atomic E-state index is 6.07. The predicted octanol–water partition coefficient (Wildman–Crippen LogP) is 0.992. The average molecular weight is 232 g/mol. The Morgan fingerprint density at radius 2 is 2.06 bits per heavy atom. The molecular formula is C12H16N4O. The monoisotopic (exact) mass is 232 g/mol. The fourth-order valence-corrected chi connectivity index (χ4v) is 2.31. The molecule has 90 valence electrons. The minimum absolute atomic E-state index is 0.755. The van der Waals surface area contributed by atoms with Crippen molar-refractivity contribution in [2.75, 3.05) is 36.9 Å². The van der Waals surface area contributed by atoms with Crippen LogP contribution in [0, 0.1) is 0 Å². The molecule has 1 aliphatic heterocycles. The number of hydrogen-bond acceptors (Lipinski definition) is 4. The van der Waals surface area contributed by atoms with Gasteiger partial charge in [0.15, 0.2) is 5.82 Å². The molecule has 5 heteroatoms. The third kappa shape index (κ3) is 1.63. The Kier molecular flexibility index (Phi) is 2.40. The third-order valence-electron chi connectivity index (χ3n) is 3.20. The Morgan fingerprint density at radius 1 is 1.29 bits per heavy atom. The molecule has 17 heavy (non-hydrogen) atoms. The number of ether oxygens (including phenoxy) is 1. The Bertz CT molecular complexity index is 543. The summed E-state index contributed by atoms with van der Waals surface area (Å²) < 4.78 is 7.25. The second-order valence-corrected chi connectivity index (χ2v) is 4.29. The number of fused-ring (bicyclic) bond motifs is 1. The van der Waals surface area contributed by atoms with Crippen molar-refractivity contribution >= 4 is 22.4 Å². The van der Waals surface area contributed by atoms with E-state index in [1.54, 1.807) is 0 Å². The summed E-state index contributed by atoms with van der Waals surface area (Å²) in [5.41, 5.74) is 7.93. The lowest BCUT2D eigenvalue weighted by Gasteiger charge is -2.27. The molecule has 2 aromatic rings. The van der Waals surface area contributed by atoms with E-state index in [-0.39, 0.29) is 0 Å². The predicted molar refractivity (Wildman–Crippen MR) is 68.2 cm³/mol. The number of aromatic nitrogens is 2. The zero-order valence-corrected chi connectivity index (χ0v) is 9.89. The van der Waals surface area contributed by atoms with Gasteiger partial charge in [0.1, 0.15) is 0 Å². The van der Waals surface area contributed by atoms with E-state index >= 15 is 0 Å². The van der Waals surface area contributed by atoms with Crippen molar-refractivity contribution in [3.05, 3.63) is 18.2 Å². The molecule has 0 radical (unpaired) electrons. The highest BCUT2D eigenvalue weighted by atomic mass is 16.5. The normalized spacial score (nSPS) is 16.6. The fourth-order valence-electron chi connectivity index (χ4n) is 2.31. The average Bonchev–Trinajstić information content (AvgIpc) is 2.70. The summed E-state index contributed by atoms with van der Waals surface area (Å²) >= 11 is 0. The number of hydrogen-bond donors (Lipinski definition) is 1. The van der Waals surface area contributed by atoms with E-state index in [9.17, 15) is 0 Å². The summed E-state index contributed by atoms with van der Waals surface area (Å²) in [5, 5.41) is 5.63. The van der Waals surface area contributed by atoms with Crippen LogP contribution in [-0.4, -0.2) is 36.1 Å². The summed E-state index contributed by atoms with van der Waals surface area (Å²) in [4.78, 5) is 2.24. The molecule has 1 fully saturated rings. The number of anilines is 2. The van der Waals surface area contributed by atoms with Crippen molar-refractivity contribution in [3.63, 3.8) is 0 Å². The first-order valence-corrected chi connectivity index (χ1v) is 5.81. The van der Waals surface area contributed by atoms with Gasteiger partial charge in [0.25, 0.3) is 0 Å². The molecule has 2 heterocycles. The van der Waals surface area contributed by atoms with Crippen LogP contribution in [-0.2, 0) is 11.8 Å². The molecule has 1 aromatic heterocycles. The second-order valence-electron chi connectivity index (χ2n) is 4.29. The van der Waals surface area contributed by atoms with Crippen molar-refractivity contribution in [2.45, 2.75) is 0 Å². The lowest BCUT2D eigenvalue weighted by Crippen LogP contribution is -2.36. The van der Waals surface area contributed by atoms with E-state index in [1.807, 2.05) is 29.9 Å². The zero-order valence-electron chi connectivity index (χ0n) is 9.89. The van der Waals surface area contributed by atoms with Gasteiger partial charge in [0.2, 0.25) is 0 Å². The molecule has 3 rings (SSSR count). The van der Waals surface area contributed by atoms with E-state index in [2.05, 4.69) is 10.00 Å². The third-order valence-corrected chi connectivity index (χ3v) is 3.20. The topological polar surface area (TPSA) is 56.3 Å². The van der Waals surface area contributed by atoms with Crippen LogP contribution in [0.2, 0.25) is 0 Å². The first kappa shape index (κ1) is 10.4. The van der Waals surface area contributed by atoms with Crippen LogP contribution in [0.4, 0.5) is 11.5 Å². The Labute approximate surface area is 99.8 Å². The van der Waals surface area contributed by atoms with Gasteiger partial charge in [-0.05, 0) is 12.1 Å². The maximum absolute atomic E-state index is 6.07. The first-order chi connectivity index (χ1) is 8.27. The van der Waals surface area contributed by atoms with Crippen LogP contribution in [0.15, 0.2) is 18.2 Å². The van der Waals surface area contributed by atoms with Crippen molar-refractivity contribution in [3.8, 4) is 0 Å². The smallest absolute Gasteiger partial charge is 0.160 e. The van der Waals surface area contributed by atoms with E-state index in [0.29, 0.717) is 0 Å². The molecule has 0 atom stereocenters. The molecule has 5 nitrogen and oxygen atoms in total. The Hall–Kier alpha value is -1.75. The Balaban J connectivity index is 2.15. The largest absolute Gasteiger partial charge is 0.398 e. The molecule has 0 unspecified atom stereocenters. The van der Waals surface area contributed by atoms with Gasteiger partial charge in [-0.2, -0.15) is 5.10 Å². The maximum Gasteiger partial charge on any atom is 0.160 e. The van der Waals surface area contributed by atoms with Crippen molar-refractivity contribution in [2.24, 2.45) is 7.05 Å². The molecule has 0 bridgehead atoms. The fraction of sp³-hybridized carbons (Fsp3) is 0.417. The summed E-state index contributed by atoms with van der Waals surface area (Å²) in [6.07, 6.45) is 0. The lowest BCUT2D eigenvalue weighted by molar-refractivity contribution is 0.122. The molecular weight excluding hydrogens is 216 g/mol. The molecule has 1 saturated heterocycles. The van der Waals surface area contributed by atoms with Crippen molar-refractivity contribution in [1.82, 2.24) is 9.78 Å². The van der Waals surface area contributed by atoms with Crippen LogP contribution < -0.4 is 10.6 Å². The number of nitrogens with two attached hydrogens (primary N) is 1. The van der Waals surface area contributed by atoms with Crippen molar-refractivity contribution < 1.29 is 4.74 Å². The number of rotatable bonds is 1. The van der Waals surface area contributed by atoms with E-state index in [4.69, 9.17) is 10.5 Å². The van der Waals surface area contributed by atoms with Crippen LogP contribution in [0.1, 0.15) is 0 Å². The number of morpholine rings is 1. The van der Waals surface area contributed by atoms with E-state index in [0.717, 1.165) is 48.7 Å². The summed E-state index contributed by atoms with van der Waals surface area (Å²) in [7, 11) is 1.95. The Morgan fingerprint density at radius 3 is 2.82 bits per heavy atom. The van der Waals surface area contributed by atoms with Crippen molar-refractivity contribution in [1.29, 1.82) is 0 Å². The highest BCUT2D eigenvalue weighted by Crippen LogP contribution is 2.30. The molecule has 2 N–H and O–H groups in total. The molecule has 0 aliphatic carbocycles. The van der Waals surface area contributed by atoms with Gasteiger partial charge < -0.3 is 15.4 Å². The highest BCUT2D eigenvalue weighted by molar-refractivity contribution is 6.00. The minimum atomic E-state index is 0.755. The van der Waals surface area contributed by atoms with Crippen LogP contribution in [0.5, 0.6) is 0 Å². The van der Waals surface area contributed by atoms with Crippen LogP contribution in [0.25, 0.3) is 10.9 Å². The molecule has 0 amide bonds. The van der Waals surface area contributed by atoms with Crippen LogP contribution in [0.3, 0.4) is 0 Å². The van der Waals surface area contributed by atoms with E-state index < -0.39 is 0 Å². The molecule has 1 aliphatic rings. The highest BCUT2D eigenvalue weighted by Gasteiger charge is 2.19. The summed E-state index contributed by atoms with van der Waals surface area (Å²) in [6.45, 7) is 3.26. The van der Waals surface area contributed by atoms with Crippen LogP contribution >= 0.6 is 0 Å². The number of benzene rings is 1. The lowest BCUT2D eigenvalue weighted by atomic mass is 10.2. The summed E-state index contributed by atoms with van der Waals surface area (Å²) in [5.74, 6) is 0.976. The second kappa shape index (κ2) is 3.92. The standard InChI is InChI=1S/C12H16N4O/c1-15-10-4-2-3-9(13)11(10)12(14-15)16-5-7-17-8-6-16/h2-4H,5-8,13H2,1H3. The summed E-state index contributed by atoms with van der Waals surface area (Å²) in [6, 6.07) is 5.93. The van der Waals surface area contributed by atoms with Gasteiger partial charge in [-0.15, -0.1) is 0 Å². The minimum Gasteiger partial charge on any atom is -0.398 e. The molecule has 1 aromatic carbocycles. The van der Waals surface area contributed by atoms with E-state index in [1.165, 1.54) is 0 Å². The van der Waals surface area contributed by atoms with Gasteiger partial charge in [0, 0.05) is 25.8 Å². The first-order valence-electron chi connectivity index (χ1n) is 5.81. The van der Waals surface area contributed by atoms with Gasteiger partial charge in [-0.3, -0.25) is 4.68 Å². The van der Waals surface area contributed by atoms with Gasteiger partial charge in [-0.1, -0.05) is 6.07 Å². The molecule has 0 saturated carbocycles. The SMILES string of the molecule is Cn1nc(N2CCOCC2)c2c(N)cccc21. The van der Waals surface area contributed by atoms with Gasteiger partial charge in [-0.25, -0.2) is 0 Å². The van der Waals surface area contributed by atoms with Gasteiger partial charge in [0.05, 0.1) is 24.1 Å².